The molecule has 8 heteroatoms. The van der Waals surface area contributed by atoms with Crippen molar-refractivity contribution in [3.8, 4) is 5.75 Å². The number of hydrogen-bond donors (Lipinski definition) is 1. The van der Waals surface area contributed by atoms with Gasteiger partial charge in [-0.2, -0.15) is 0 Å². The van der Waals surface area contributed by atoms with Gasteiger partial charge in [-0.25, -0.2) is 9.78 Å². The molecule has 1 saturated heterocycles. The van der Waals surface area contributed by atoms with E-state index < -0.39 is 5.97 Å². The van der Waals surface area contributed by atoms with E-state index in [4.69, 9.17) is 26.1 Å². The van der Waals surface area contributed by atoms with Crippen molar-refractivity contribution in [2.45, 2.75) is 45.2 Å². The maximum atomic E-state index is 11.6. The summed E-state index contributed by atoms with van der Waals surface area (Å²) >= 11 is 5.99. The van der Waals surface area contributed by atoms with E-state index in [0.29, 0.717) is 24.7 Å². The van der Waals surface area contributed by atoms with Crippen LogP contribution >= 0.6 is 11.6 Å². The van der Waals surface area contributed by atoms with Gasteiger partial charge in [-0.1, -0.05) is 29.8 Å². The molecule has 0 amide bonds. The smallest absolute Gasteiger partial charge is 0.335 e. The zero-order valence-electron chi connectivity index (χ0n) is 20.4. The molecule has 2 aliphatic rings. The third kappa shape index (κ3) is 5.21. The average molecular weight is 518 g/mol. The fourth-order valence-corrected chi connectivity index (χ4v) is 5.15. The monoisotopic (exact) mass is 517 g/mol. The van der Waals surface area contributed by atoms with Gasteiger partial charge in [0.2, 0.25) is 0 Å². The summed E-state index contributed by atoms with van der Waals surface area (Å²) in [7, 11) is 0. The third-order valence-corrected chi connectivity index (χ3v) is 7.46. The van der Waals surface area contributed by atoms with Crippen LogP contribution in [0.2, 0.25) is 5.02 Å². The third-order valence-electron chi connectivity index (χ3n) is 7.21. The lowest BCUT2D eigenvalue weighted by atomic mass is 9.99. The first-order valence-electron chi connectivity index (χ1n) is 12.6. The molecule has 2 aliphatic heterocycles. The zero-order valence-corrected chi connectivity index (χ0v) is 21.2. The van der Waals surface area contributed by atoms with E-state index in [0.717, 1.165) is 60.7 Å². The number of rotatable bonds is 8. The summed E-state index contributed by atoms with van der Waals surface area (Å²) in [5.41, 5.74) is 5.61. The number of carbonyl (C=O) groups is 1. The van der Waals surface area contributed by atoms with Crippen molar-refractivity contribution >= 4 is 28.6 Å². The number of carboxylic acids is 1. The second-order valence-electron chi connectivity index (χ2n) is 9.74. The molecule has 4 aromatic rings. The lowest BCUT2D eigenvalue weighted by Gasteiger charge is -2.30. The normalized spacial score (nSPS) is 17.4. The predicted molar refractivity (Wildman–Crippen MR) is 141 cm³/mol. The molecule has 190 valence electrons. The van der Waals surface area contributed by atoms with Crippen LogP contribution < -0.4 is 4.74 Å². The number of aromatic carboxylic acids is 1. The van der Waals surface area contributed by atoms with Crippen molar-refractivity contribution in [2.75, 3.05) is 13.2 Å². The number of hydrogen-bond acceptors (Lipinski definition) is 5. The standard InChI is InChI=1S/C29H28ClN3O4/c30-23-5-1-19(2-6-23)18-37-24-7-3-20-9-11-32(15-22(20)13-24)17-28-31-26-8-4-21(29(34)35)14-27(26)33(28)16-25-10-12-36-25/h1-8,13-14,25H,9-12,15-18H2,(H,34,35)/t25-/m0/s1. The Hall–Kier alpha value is -3.39. The Morgan fingerprint density at radius 3 is 2.70 bits per heavy atom. The Morgan fingerprint density at radius 1 is 1.11 bits per heavy atom. The van der Waals surface area contributed by atoms with Crippen LogP contribution in [0.5, 0.6) is 5.75 Å². The van der Waals surface area contributed by atoms with Gasteiger partial charge in [-0.15, -0.1) is 0 Å². The lowest BCUT2D eigenvalue weighted by Crippen LogP contribution is -2.34. The maximum absolute atomic E-state index is 11.6. The van der Waals surface area contributed by atoms with E-state index in [-0.39, 0.29) is 11.7 Å². The molecular weight excluding hydrogens is 490 g/mol. The van der Waals surface area contributed by atoms with Gasteiger partial charge in [0.25, 0.3) is 0 Å². The van der Waals surface area contributed by atoms with Crippen LogP contribution in [0.15, 0.2) is 60.7 Å². The van der Waals surface area contributed by atoms with Gasteiger partial charge >= 0.3 is 5.97 Å². The largest absolute Gasteiger partial charge is 0.489 e. The number of benzene rings is 3. The highest BCUT2D eigenvalue weighted by molar-refractivity contribution is 6.30. The number of ether oxygens (including phenoxy) is 2. The van der Waals surface area contributed by atoms with Crippen LogP contribution in [0, 0.1) is 0 Å². The first kappa shape index (κ1) is 24.0. The summed E-state index contributed by atoms with van der Waals surface area (Å²) in [6.07, 6.45) is 2.11. The Kier molecular flexibility index (Phi) is 6.59. The topological polar surface area (TPSA) is 76.8 Å². The van der Waals surface area contributed by atoms with Crippen molar-refractivity contribution < 1.29 is 19.4 Å². The molecule has 0 aliphatic carbocycles. The zero-order chi connectivity index (χ0) is 25.4. The van der Waals surface area contributed by atoms with E-state index in [9.17, 15) is 9.90 Å². The predicted octanol–water partition coefficient (Wildman–Crippen LogP) is 5.31. The molecule has 0 unspecified atom stereocenters. The Morgan fingerprint density at radius 2 is 1.95 bits per heavy atom. The fourth-order valence-electron chi connectivity index (χ4n) is 5.03. The minimum atomic E-state index is -0.933. The van der Waals surface area contributed by atoms with E-state index in [1.54, 1.807) is 18.2 Å². The summed E-state index contributed by atoms with van der Waals surface area (Å²) in [5, 5.41) is 10.2. The number of fused-ring (bicyclic) bond motifs is 2. The quantitative estimate of drug-likeness (QED) is 0.341. The molecule has 3 heterocycles. The van der Waals surface area contributed by atoms with Gasteiger partial charge in [0.1, 0.15) is 18.2 Å². The molecule has 0 saturated carbocycles. The van der Waals surface area contributed by atoms with Gasteiger partial charge in [0, 0.05) is 24.7 Å². The first-order chi connectivity index (χ1) is 18.0. The molecule has 0 spiro atoms. The van der Waals surface area contributed by atoms with E-state index in [1.807, 2.05) is 30.3 Å². The summed E-state index contributed by atoms with van der Waals surface area (Å²) in [4.78, 5) is 18.9. The second kappa shape index (κ2) is 10.2. The van der Waals surface area contributed by atoms with Crippen molar-refractivity contribution in [2.24, 2.45) is 0 Å². The Bertz CT molecular complexity index is 1450. The van der Waals surface area contributed by atoms with Crippen LogP contribution in [-0.4, -0.2) is 44.8 Å². The molecule has 1 fully saturated rings. The summed E-state index contributed by atoms with van der Waals surface area (Å²) in [5.74, 6) is 0.857. The number of nitrogens with zero attached hydrogens (tertiary/aromatic N) is 3. The van der Waals surface area contributed by atoms with Crippen molar-refractivity contribution in [3.05, 3.63) is 93.8 Å². The van der Waals surface area contributed by atoms with Crippen LogP contribution in [0.3, 0.4) is 0 Å². The summed E-state index contributed by atoms with van der Waals surface area (Å²) < 4.78 is 13.9. The molecule has 1 aromatic heterocycles. The Labute approximate surface area is 220 Å². The van der Waals surface area contributed by atoms with Crippen LogP contribution in [0.1, 0.15) is 39.3 Å². The molecule has 7 nitrogen and oxygen atoms in total. The van der Waals surface area contributed by atoms with Gasteiger partial charge < -0.3 is 19.1 Å². The molecule has 37 heavy (non-hydrogen) atoms. The molecule has 6 rings (SSSR count). The molecule has 1 N–H and O–H groups in total. The van der Waals surface area contributed by atoms with Gasteiger partial charge in [-0.3, -0.25) is 4.90 Å². The SMILES string of the molecule is O=C(O)c1ccc2nc(CN3CCc4ccc(OCc5ccc(Cl)cc5)cc4C3)n(C[C@@H]3CCO3)c2c1. The second-order valence-corrected chi connectivity index (χ2v) is 10.2. The lowest BCUT2D eigenvalue weighted by molar-refractivity contribution is -0.0592. The van der Waals surface area contributed by atoms with Gasteiger partial charge in [0.05, 0.1) is 35.8 Å². The van der Waals surface area contributed by atoms with Crippen LogP contribution in [-0.2, 0) is 37.4 Å². The summed E-state index contributed by atoms with van der Waals surface area (Å²) in [6.45, 7) is 4.36. The Balaban J connectivity index is 1.20. The van der Waals surface area contributed by atoms with Crippen LogP contribution in [0.4, 0.5) is 0 Å². The van der Waals surface area contributed by atoms with E-state index in [2.05, 4.69) is 21.6 Å². The fraction of sp³-hybridized carbons (Fsp3) is 0.310. The number of halogens is 1. The van der Waals surface area contributed by atoms with Crippen molar-refractivity contribution in [1.82, 2.24) is 14.5 Å². The molecule has 3 aromatic carbocycles. The molecule has 0 bridgehead atoms. The highest BCUT2D eigenvalue weighted by Crippen LogP contribution is 2.28. The maximum Gasteiger partial charge on any atom is 0.335 e. The first-order valence-corrected chi connectivity index (χ1v) is 12.9. The minimum Gasteiger partial charge on any atom is -0.489 e. The van der Waals surface area contributed by atoms with E-state index in [1.165, 1.54) is 11.1 Å². The average Bonchev–Trinajstić information content (AvgIpc) is 3.21. The minimum absolute atomic E-state index is 0.145. The van der Waals surface area contributed by atoms with Crippen molar-refractivity contribution in [3.63, 3.8) is 0 Å². The van der Waals surface area contributed by atoms with Crippen molar-refractivity contribution in [1.29, 1.82) is 0 Å². The van der Waals surface area contributed by atoms with Gasteiger partial charge in [-0.05, 0) is 72.0 Å². The molecule has 1 atom stereocenters. The highest BCUT2D eigenvalue weighted by atomic mass is 35.5. The highest BCUT2D eigenvalue weighted by Gasteiger charge is 2.24. The summed E-state index contributed by atoms with van der Waals surface area (Å²) in [6, 6.07) is 19.2. The number of imidazole rings is 1. The molecular formula is C29H28ClN3O4. The van der Waals surface area contributed by atoms with E-state index >= 15 is 0 Å². The van der Waals surface area contributed by atoms with Gasteiger partial charge in [0.15, 0.2) is 0 Å². The van der Waals surface area contributed by atoms with Crippen LogP contribution in [0.25, 0.3) is 11.0 Å². The molecule has 0 radical (unpaired) electrons. The number of carboxylic acid groups (broad SMARTS) is 1. The number of aromatic nitrogens is 2.